The van der Waals surface area contributed by atoms with Crippen LogP contribution in [0.15, 0.2) is 54.6 Å². The molecule has 2 amide bonds. The molecule has 2 saturated heterocycles. The van der Waals surface area contributed by atoms with Crippen molar-refractivity contribution in [3.05, 3.63) is 71.3 Å². The molecule has 4 rings (SSSR count). The van der Waals surface area contributed by atoms with Crippen molar-refractivity contribution in [3.8, 4) is 0 Å². The van der Waals surface area contributed by atoms with Gasteiger partial charge in [0.25, 0.3) is 5.91 Å². The van der Waals surface area contributed by atoms with Crippen LogP contribution in [0, 0.1) is 5.41 Å². The van der Waals surface area contributed by atoms with Crippen molar-refractivity contribution < 1.29 is 23.9 Å². The number of alkyl carbamates (subject to hydrolysis) is 1. The lowest BCUT2D eigenvalue weighted by molar-refractivity contribution is -0.155. The first-order valence-corrected chi connectivity index (χ1v) is 13.3. The maximum absolute atomic E-state index is 12.6. The maximum atomic E-state index is 12.6. The molecule has 2 heterocycles. The Morgan fingerprint density at radius 1 is 1.03 bits per heavy atom. The zero-order valence-electron chi connectivity index (χ0n) is 22.7. The van der Waals surface area contributed by atoms with Gasteiger partial charge in [0.1, 0.15) is 17.5 Å². The minimum atomic E-state index is -0.504. The molecule has 2 atom stereocenters. The average molecular weight is 536 g/mol. The van der Waals surface area contributed by atoms with Gasteiger partial charge < -0.3 is 25.0 Å². The molecule has 0 saturated carbocycles. The third-order valence-electron chi connectivity index (χ3n) is 6.70. The number of amidine groups is 1. The number of piperazine rings is 1. The predicted octanol–water partition coefficient (Wildman–Crippen LogP) is 2.94. The van der Waals surface area contributed by atoms with Crippen molar-refractivity contribution in [1.82, 2.24) is 20.4 Å². The molecule has 0 bridgehead atoms. The zero-order chi connectivity index (χ0) is 28.0. The van der Waals surface area contributed by atoms with E-state index in [2.05, 4.69) is 20.4 Å². The van der Waals surface area contributed by atoms with Gasteiger partial charge >= 0.3 is 12.1 Å². The van der Waals surface area contributed by atoms with Crippen LogP contribution in [0.1, 0.15) is 54.7 Å². The van der Waals surface area contributed by atoms with Gasteiger partial charge in [-0.15, -0.1) is 0 Å². The van der Waals surface area contributed by atoms with Gasteiger partial charge in [0.05, 0.1) is 12.5 Å². The van der Waals surface area contributed by atoms with E-state index in [4.69, 9.17) is 14.9 Å². The van der Waals surface area contributed by atoms with Gasteiger partial charge in [0.15, 0.2) is 0 Å². The molecule has 2 aromatic carbocycles. The van der Waals surface area contributed by atoms with Crippen LogP contribution in [0.4, 0.5) is 4.79 Å². The van der Waals surface area contributed by atoms with Crippen molar-refractivity contribution in [3.63, 3.8) is 0 Å². The van der Waals surface area contributed by atoms with E-state index in [0.29, 0.717) is 36.2 Å². The summed E-state index contributed by atoms with van der Waals surface area (Å²) in [6.07, 6.45) is -0.604. The summed E-state index contributed by atoms with van der Waals surface area (Å²) in [6, 6.07) is 15.5. The summed E-state index contributed by atoms with van der Waals surface area (Å²) in [6.45, 7) is 9.93. The number of benzene rings is 2. The second-order valence-electron chi connectivity index (χ2n) is 10.8. The molecule has 0 aromatic heterocycles. The van der Waals surface area contributed by atoms with Crippen molar-refractivity contribution in [2.45, 2.75) is 44.9 Å². The highest BCUT2D eigenvalue weighted by Crippen LogP contribution is 2.28. The number of amides is 2. The SMILES string of the molecule is CC(C)(C)OC(=O)CCN1CCN(CC2OC(=O)NC2c2ccccc2C(=N)NC(=O)c2ccccc2)CC1. The van der Waals surface area contributed by atoms with E-state index in [0.717, 1.165) is 26.2 Å². The summed E-state index contributed by atoms with van der Waals surface area (Å²) in [5, 5.41) is 14.1. The first kappa shape index (κ1) is 28.3. The van der Waals surface area contributed by atoms with Gasteiger partial charge in [-0.05, 0) is 38.5 Å². The second-order valence-corrected chi connectivity index (χ2v) is 10.8. The third kappa shape index (κ3) is 7.87. The van der Waals surface area contributed by atoms with Crippen molar-refractivity contribution in [2.24, 2.45) is 0 Å². The Hall–Kier alpha value is -3.76. The van der Waals surface area contributed by atoms with Gasteiger partial charge in [0.2, 0.25) is 0 Å². The summed E-state index contributed by atoms with van der Waals surface area (Å²) in [5.41, 5.74) is 1.21. The highest BCUT2D eigenvalue weighted by Gasteiger charge is 2.38. The molecule has 2 aromatic rings. The summed E-state index contributed by atoms with van der Waals surface area (Å²) >= 11 is 0. The fourth-order valence-electron chi connectivity index (χ4n) is 4.81. The standard InChI is InChI=1S/C29H37N5O5/c1-29(2,3)39-24(35)13-14-33-15-17-34(18-16-33)19-23-25(31-28(37)38-23)21-11-7-8-12-22(21)26(30)32-27(36)20-9-5-4-6-10-20/h4-12,23,25H,13-19H2,1-3H3,(H,31,37)(H2,30,32,36). The van der Waals surface area contributed by atoms with Gasteiger partial charge in [-0.2, -0.15) is 0 Å². The second kappa shape index (κ2) is 12.4. The molecule has 2 aliphatic heterocycles. The molecule has 2 fully saturated rings. The highest BCUT2D eigenvalue weighted by molar-refractivity contribution is 6.12. The van der Waals surface area contributed by atoms with Gasteiger partial charge in [-0.1, -0.05) is 42.5 Å². The normalized spacial score (nSPS) is 20.1. The van der Waals surface area contributed by atoms with Gasteiger partial charge in [-0.3, -0.25) is 19.9 Å². The minimum Gasteiger partial charge on any atom is -0.460 e. The molecular formula is C29H37N5O5. The van der Waals surface area contributed by atoms with E-state index < -0.39 is 23.8 Å². The van der Waals surface area contributed by atoms with E-state index in [1.54, 1.807) is 36.4 Å². The van der Waals surface area contributed by atoms with E-state index in [1.807, 2.05) is 39.0 Å². The fraction of sp³-hybridized carbons (Fsp3) is 0.448. The van der Waals surface area contributed by atoms with Crippen molar-refractivity contribution in [2.75, 3.05) is 39.3 Å². The van der Waals surface area contributed by atoms with E-state index in [1.165, 1.54) is 0 Å². The quantitative estimate of drug-likeness (QED) is 0.270. The number of esters is 1. The zero-order valence-corrected chi connectivity index (χ0v) is 22.7. The number of ether oxygens (including phenoxy) is 2. The molecule has 0 aliphatic carbocycles. The van der Waals surface area contributed by atoms with Crippen LogP contribution in [-0.4, -0.2) is 84.6 Å². The summed E-state index contributed by atoms with van der Waals surface area (Å²) in [7, 11) is 0. The van der Waals surface area contributed by atoms with Gasteiger partial charge in [-0.25, -0.2) is 4.79 Å². The molecular weight excluding hydrogens is 498 g/mol. The molecule has 0 radical (unpaired) electrons. The monoisotopic (exact) mass is 535 g/mol. The van der Waals surface area contributed by atoms with Gasteiger partial charge in [0, 0.05) is 50.4 Å². The van der Waals surface area contributed by atoms with Crippen LogP contribution in [0.5, 0.6) is 0 Å². The number of cyclic esters (lactones) is 1. The van der Waals surface area contributed by atoms with Crippen LogP contribution in [0.25, 0.3) is 0 Å². The Balaban J connectivity index is 1.35. The molecule has 39 heavy (non-hydrogen) atoms. The smallest absolute Gasteiger partial charge is 0.408 e. The number of carbonyl (C=O) groups excluding carboxylic acids is 3. The fourth-order valence-corrected chi connectivity index (χ4v) is 4.81. The number of carbonyl (C=O) groups is 3. The lowest BCUT2D eigenvalue weighted by atomic mass is 9.95. The number of rotatable bonds is 8. The highest BCUT2D eigenvalue weighted by atomic mass is 16.6. The Kier molecular flexibility index (Phi) is 8.98. The first-order valence-electron chi connectivity index (χ1n) is 13.3. The Bertz CT molecular complexity index is 1190. The van der Waals surface area contributed by atoms with E-state index >= 15 is 0 Å². The number of hydrogen-bond donors (Lipinski definition) is 3. The van der Waals surface area contributed by atoms with Crippen LogP contribution in [0.2, 0.25) is 0 Å². The van der Waals surface area contributed by atoms with Crippen molar-refractivity contribution in [1.29, 1.82) is 5.41 Å². The summed E-state index contributed by atoms with van der Waals surface area (Å²) in [4.78, 5) is 41.5. The lowest BCUT2D eigenvalue weighted by Crippen LogP contribution is -2.49. The van der Waals surface area contributed by atoms with Crippen LogP contribution in [0.3, 0.4) is 0 Å². The van der Waals surface area contributed by atoms with Crippen LogP contribution >= 0.6 is 0 Å². The maximum Gasteiger partial charge on any atom is 0.408 e. The molecule has 2 unspecified atom stereocenters. The number of hydrogen-bond acceptors (Lipinski definition) is 8. The number of nitrogens with one attached hydrogen (secondary N) is 3. The molecule has 0 spiro atoms. The van der Waals surface area contributed by atoms with Crippen LogP contribution < -0.4 is 10.6 Å². The first-order chi connectivity index (χ1) is 18.6. The summed E-state index contributed by atoms with van der Waals surface area (Å²) in [5.74, 6) is -0.609. The molecule has 10 heteroatoms. The topological polar surface area (TPSA) is 124 Å². The molecule has 208 valence electrons. The van der Waals surface area contributed by atoms with E-state index in [-0.39, 0.29) is 17.7 Å². The summed E-state index contributed by atoms with van der Waals surface area (Å²) < 4.78 is 11.0. The molecule has 2 aliphatic rings. The van der Waals surface area contributed by atoms with Crippen LogP contribution in [-0.2, 0) is 14.3 Å². The largest absolute Gasteiger partial charge is 0.460 e. The predicted molar refractivity (Wildman–Crippen MR) is 147 cm³/mol. The number of nitrogens with zero attached hydrogens (tertiary/aromatic N) is 2. The van der Waals surface area contributed by atoms with E-state index in [9.17, 15) is 14.4 Å². The molecule has 3 N–H and O–H groups in total. The third-order valence-corrected chi connectivity index (χ3v) is 6.70. The Labute approximate surface area is 229 Å². The lowest BCUT2D eigenvalue weighted by Gasteiger charge is -2.36. The molecule has 10 nitrogen and oxygen atoms in total. The average Bonchev–Trinajstić information content (AvgIpc) is 3.27. The Morgan fingerprint density at radius 2 is 1.67 bits per heavy atom. The minimum absolute atomic E-state index is 0.0436. The van der Waals surface area contributed by atoms with Crippen molar-refractivity contribution >= 4 is 23.8 Å². The Morgan fingerprint density at radius 3 is 2.36 bits per heavy atom.